The molecule has 14 heteroatoms. The second kappa shape index (κ2) is 54.9. The number of rotatable bonds is 11. The highest BCUT2D eigenvalue weighted by molar-refractivity contribution is 14.1. The summed E-state index contributed by atoms with van der Waals surface area (Å²) >= 11 is 19.7. The zero-order valence-electron chi connectivity index (χ0n) is 74.0. The molecule has 0 aliphatic heterocycles. The molecule has 0 bridgehead atoms. The molecule has 0 amide bonds. The van der Waals surface area contributed by atoms with Gasteiger partial charge in [-0.3, -0.25) is 14.4 Å². The van der Waals surface area contributed by atoms with Gasteiger partial charge in [0.2, 0.25) is 0 Å². The molecular formula is C118H89I7O4S3. The molecule has 132 heavy (non-hydrogen) atoms. The Bertz CT molecular complexity index is 6740. The second-order valence-corrected chi connectivity index (χ2v) is 42.3. The fourth-order valence-electron chi connectivity index (χ4n) is 12.9. The normalized spacial score (nSPS) is 10.2. The van der Waals surface area contributed by atoms with E-state index in [1.54, 1.807) is 20.8 Å². The first-order chi connectivity index (χ1) is 63.6. The average molecular weight is 2560 g/mol. The van der Waals surface area contributed by atoms with Crippen molar-refractivity contribution in [2.45, 2.75) is 115 Å². The van der Waals surface area contributed by atoms with E-state index in [1.165, 1.54) is 69.8 Å². The number of aryl methyl sites for hydroxylation is 6. The Hall–Kier alpha value is -9.31. The Morgan fingerprint density at radius 2 is 0.545 bits per heavy atom. The lowest BCUT2D eigenvalue weighted by molar-refractivity contribution is -0.109. The van der Waals surface area contributed by atoms with Crippen LogP contribution in [0.4, 0.5) is 0 Å². The van der Waals surface area contributed by atoms with E-state index in [0.717, 1.165) is 170 Å². The maximum absolute atomic E-state index is 11.5. The van der Waals surface area contributed by atoms with Crippen molar-refractivity contribution in [3.05, 3.63) is 461 Å². The number of carbonyl (C=O) groups is 3. The van der Waals surface area contributed by atoms with Crippen LogP contribution in [0.1, 0.15) is 194 Å². The number of hydrogen-bond acceptors (Lipinski definition) is 7. The highest BCUT2D eigenvalue weighted by atomic mass is 127. The first kappa shape index (κ1) is 105. The topological polar surface area (TPSA) is 71.4 Å². The van der Waals surface area contributed by atoms with Crippen molar-refractivity contribution < 1.29 is 19.5 Å². The van der Waals surface area contributed by atoms with E-state index in [0.29, 0.717) is 6.42 Å². The quantitative estimate of drug-likeness (QED) is 0.0786. The Morgan fingerprint density at radius 3 is 0.864 bits per heavy atom. The van der Waals surface area contributed by atoms with Gasteiger partial charge < -0.3 is 5.11 Å². The van der Waals surface area contributed by atoms with Crippen molar-refractivity contribution in [1.82, 2.24) is 0 Å². The van der Waals surface area contributed by atoms with Crippen molar-refractivity contribution in [1.29, 1.82) is 0 Å². The SMILES string of the molecule is C#Cc1ccc(C#Cc2ccc(C)cc2)cc1CC.CCc1cc(C#Cc2ccc(SC(C)=O)cc2)ccc1C#Cc1ccc(Cc2cc(C#Cc3ccc(C#Cc4ccc(SC(C)=O)cc4)cc3CC)cc(C#Cc3ccc(C#Cc4ccc(SC(C)=O)cc4)cc3CC)c2)cc1.Cc1cc(I)cc(I)c1.Ic1ccc(I)cc1.OC(c1ccc(I)cc1)c1cc(I)cc(I)c1. The summed E-state index contributed by atoms with van der Waals surface area (Å²) in [6, 6.07) is 99.8. The van der Waals surface area contributed by atoms with E-state index < -0.39 is 6.10 Å². The van der Waals surface area contributed by atoms with Gasteiger partial charge in [0.05, 0.1) is 0 Å². The lowest BCUT2D eigenvalue weighted by Crippen LogP contribution is -2.00. The number of benzene rings is 14. The summed E-state index contributed by atoms with van der Waals surface area (Å²) in [7, 11) is 0. The zero-order valence-corrected chi connectivity index (χ0v) is 91.6. The molecule has 0 fully saturated rings. The van der Waals surface area contributed by atoms with Crippen LogP contribution in [0, 0.1) is 134 Å². The standard InChI is InChI=1S/C73H54O3S3.C19H16.C13H9I3O.C7H6I2.C6H4I2/c1-7-65-48-59(17-12-55-26-38-71(39-27-55)77-51(4)74)21-33-68(65)32-20-54-10-15-58(16-11-54)44-64-46-62(24-36-69-34-22-60(49-66(69)8-2)18-13-56-28-40-72(41-29-56)78-52(5)75)45-63(47-64)25-37-70-35-23-61(50-67(70)9-3)19-14-57-30-42-73(43-31-57)79-53(6)76;1-4-18-13-12-17(14-19(18)5-2)11-10-16-8-6-15(3)7-9-16;14-10-3-1-8(2-4-10)13(17)9-5-11(15)7-12(16)6-9;1-5-2-6(8)4-7(9)3-5;7-5-1-2-6(8)4-3-5/h10-11,15-16,21-23,26-31,33-35,38-43,45-50H,7-9,44H2,1-6H3;1,6-9,12-14H,5H2,2-3H3;1-7,13,17H;2-4H,1H3;1-4H. The summed E-state index contributed by atoms with van der Waals surface area (Å²) in [5.41, 5.74) is 25.2. The number of aliphatic hydroxyl groups excluding tert-OH is 1. The van der Waals surface area contributed by atoms with Gasteiger partial charge in [-0.2, -0.15) is 0 Å². The molecule has 0 aliphatic rings. The van der Waals surface area contributed by atoms with Crippen LogP contribution in [0.3, 0.4) is 0 Å². The van der Waals surface area contributed by atoms with Gasteiger partial charge in [0.1, 0.15) is 6.10 Å². The largest absolute Gasteiger partial charge is 0.384 e. The Balaban J connectivity index is 0.000000268. The smallest absolute Gasteiger partial charge is 0.190 e. The zero-order chi connectivity index (χ0) is 94.4. The maximum atomic E-state index is 11.5. The molecule has 652 valence electrons. The van der Waals surface area contributed by atoms with Crippen LogP contribution in [0.15, 0.2) is 312 Å². The van der Waals surface area contributed by atoms with Crippen molar-refractivity contribution in [3.8, 4) is 95.2 Å². The summed E-state index contributed by atoms with van der Waals surface area (Å²) in [6.07, 6.45) is 8.96. The van der Waals surface area contributed by atoms with Crippen LogP contribution in [-0.2, 0) is 46.5 Å². The molecule has 1 atom stereocenters. The van der Waals surface area contributed by atoms with Gasteiger partial charge >= 0.3 is 0 Å². The third kappa shape index (κ3) is 36.5. The first-order valence-corrected chi connectivity index (χ1v) is 52.1. The van der Waals surface area contributed by atoms with Gasteiger partial charge in [0.25, 0.3) is 0 Å². The number of thioether (sulfide) groups is 3. The molecule has 0 aromatic heterocycles. The fraction of sp³-hybridized carbons (Fsp3) is 0.127. The third-order valence-corrected chi connectivity index (χ3v) is 26.5. The van der Waals surface area contributed by atoms with Gasteiger partial charge in [0.15, 0.2) is 15.3 Å². The number of aliphatic hydroxyl groups is 1. The van der Waals surface area contributed by atoms with E-state index >= 15 is 0 Å². The van der Waals surface area contributed by atoms with Crippen LogP contribution in [-0.4, -0.2) is 20.5 Å². The predicted octanol–water partition coefficient (Wildman–Crippen LogP) is 29.9. The molecular weight excluding hydrogens is 2470 g/mol. The van der Waals surface area contributed by atoms with Gasteiger partial charge in [0, 0.05) is 144 Å². The summed E-state index contributed by atoms with van der Waals surface area (Å²) < 4.78 is 8.69. The van der Waals surface area contributed by atoms with Crippen LogP contribution in [0.2, 0.25) is 0 Å². The highest BCUT2D eigenvalue weighted by Crippen LogP contribution is 2.29. The summed E-state index contributed by atoms with van der Waals surface area (Å²) in [5.74, 6) is 49.5. The van der Waals surface area contributed by atoms with Gasteiger partial charge in [-0.05, 0) is 515 Å². The third-order valence-electron chi connectivity index (χ3n) is 19.5. The Kier molecular flexibility index (Phi) is 43.6. The molecule has 0 aliphatic carbocycles. The number of terminal acetylenes is 1. The van der Waals surface area contributed by atoms with E-state index in [-0.39, 0.29) is 15.3 Å². The predicted molar refractivity (Wildman–Crippen MR) is 612 cm³/mol. The molecule has 1 N–H and O–H groups in total. The summed E-state index contributed by atoms with van der Waals surface area (Å²) in [5, 5.41) is 10.5. The van der Waals surface area contributed by atoms with Crippen LogP contribution in [0.5, 0.6) is 0 Å². The van der Waals surface area contributed by atoms with Gasteiger partial charge in [-0.25, -0.2) is 0 Å². The van der Waals surface area contributed by atoms with Crippen molar-refractivity contribution >= 4 is 209 Å². The second-order valence-electron chi connectivity index (χ2n) is 29.8. The van der Waals surface area contributed by atoms with E-state index in [2.05, 4.69) is 434 Å². The van der Waals surface area contributed by atoms with Crippen molar-refractivity contribution in [2.75, 3.05) is 0 Å². The number of hydrogen-bond donors (Lipinski definition) is 1. The molecule has 1 unspecified atom stereocenters. The molecule has 0 saturated carbocycles. The molecule has 0 heterocycles. The van der Waals surface area contributed by atoms with E-state index in [1.807, 2.05) is 152 Å². The monoisotopic (exact) mass is 2550 g/mol. The minimum Gasteiger partial charge on any atom is -0.384 e. The Labute approximate surface area is 888 Å². The molecule has 4 nitrogen and oxygen atoms in total. The molecule has 14 aromatic rings. The van der Waals surface area contributed by atoms with E-state index in [9.17, 15) is 19.5 Å². The van der Waals surface area contributed by atoms with E-state index in [4.69, 9.17) is 6.42 Å². The van der Waals surface area contributed by atoms with Crippen LogP contribution >= 0.6 is 193 Å². The van der Waals surface area contributed by atoms with Gasteiger partial charge in [-0.1, -0.05) is 194 Å². The lowest BCUT2D eigenvalue weighted by atomic mass is 9.97. The minimum atomic E-state index is -0.546. The van der Waals surface area contributed by atoms with Crippen molar-refractivity contribution in [3.63, 3.8) is 0 Å². The van der Waals surface area contributed by atoms with Gasteiger partial charge in [-0.15, -0.1) is 6.42 Å². The Morgan fingerprint density at radius 1 is 0.273 bits per heavy atom. The van der Waals surface area contributed by atoms with Crippen molar-refractivity contribution in [2.24, 2.45) is 0 Å². The minimum absolute atomic E-state index is 0.0546. The molecule has 0 radical (unpaired) electrons. The van der Waals surface area contributed by atoms with Crippen LogP contribution in [0.25, 0.3) is 0 Å². The maximum Gasteiger partial charge on any atom is 0.190 e. The lowest BCUT2D eigenvalue weighted by Gasteiger charge is -2.12. The molecule has 14 aromatic carbocycles. The highest BCUT2D eigenvalue weighted by Gasteiger charge is 2.14. The van der Waals surface area contributed by atoms with Crippen LogP contribution < -0.4 is 0 Å². The summed E-state index contributed by atoms with van der Waals surface area (Å²) in [4.78, 5) is 37.2. The molecule has 14 rings (SSSR count). The first-order valence-electron chi connectivity index (χ1n) is 42.1. The fourth-order valence-corrected chi connectivity index (χ4v) is 20.0. The summed E-state index contributed by atoms with van der Waals surface area (Å²) in [6.45, 7) is 17.4. The molecule has 0 spiro atoms. The molecule has 0 saturated heterocycles. The average Bonchev–Trinajstić information content (AvgIpc) is 0.839. The number of carbonyl (C=O) groups excluding carboxylic acids is 3. The number of halogens is 7.